The highest BCUT2D eigenvalue weighted by Crippen LogP contribution is 2.27. The van der Waals surface area contributed by atoms with Crippen LogP contribution in [0.25, 0.3) is 0 Å². The lowest BCUT2D eigenvalue weighted by Gasteiger charge is -2.14. The van der Waals surface area contributed by atoms with Crippen LogP contribution >= 0.6 is 0 Å². The molecule has 0 saturated heterocycles. The third-order valence-corrected chi connectivity index (χ3v) is 1.89. The molecule has 3 nitrogen and oxygen atoms in total. The summed E-state index contributed by atoms with van der Waals surface area (Å²) in [5.74, 6) is 0. The van der Waals surface area contributed by atoms with Gasteiger partial charge in [-0.15, -0.1) is 0 Å². The molecule has 0 unspecified atom stereocenters. The van der Waals surface area contributed by atoms with Crippen molar-refractivity contribution in [3.05, 3.63) is 23.8 Å². The van der Waals surface area contributed by atoms with Gasteiger partial charge in [-0.2, -0.15) is 10.5 Å². The van der Waals surface area contributed by atoms with Gasteiger partial charge in [0.05, 0.1) is 11.9 Å². The molecule has 1 aromatic rings. The van der Waals surface area contributed by atoms with Crippen LogP contribution in [0.2, 0.25) is 0 Å². The fourth-order valence-corrected chi connectivity index (χ4v) is 1.30. The van der Waals surface area contributed by atoms with E-state index in [2.05, 4.69) is 21.5 Å². The van der Waals surface area contributed by atoms with E-state index in [0.29, 0.717) is 0 Å². The summed E-state index contributed by atoms with van der Waals surface area (Å²) in [6.45, 7) is 0. The van der Waals surface area contributed by atoms with Crippen molar-refractivity contribution in [3.8, 4) is 0 Å². The van der Waals surface area contributed by atoms with Crippen molar-refractivity contribution >= 4 is 17.6 Å². The second kappa shape index (κ2) is 2.52. The van der Waals surface area contributed by atoms with Crippen molar-refractivity contribution < 1.29 is 0 Å². The quantitative estimate of drug-likeness (QED) is 0.609. The van der Waals surface area contributed by atoms with Crippen LogP contribution in [0.3, 0.4) is 0 Å². The summed E-state index contributed by atoms with van der Waals surface area (Å²) in [5, 5.41) is 3.87. The molecule has 12 heavy (non-hydrogen) atoms. The summed E-state index contributed by atoms with van der Waals surface area (Å²) in [7, 11) is 4.03. The Morgan fingerprint density at radius 2 is 2.08 bits per heavy atom. The van der Waals surface area contributed by atoms with E-state index in [1.807, 2.05) is 26.2 Å². The lowest BCUT2D eigenvalue weighted by Crippen LogP contribution is -2.10. The number of benzene rings is 1. The molecule has 61 valence electrons. The summed E-state index contributed by atoms with van der Waals surface area (Å²) in [6, 6.07) is 6.02. The Balaban J connectivity index is 2.56. The third-order valence-electron chi connectivity index (χ3n) is 1.89. The Bertz CT molecular complexity index is 329. The van der Waals surface area contributed by atoms with Crippen molar-refractivity contribution in [2.24, 2.45) is 5.10 Å². The van der Waals surface area contributed by atoms with E-state index in [1.54, 1.807) is 6.21 Å². The maximum absolute atomic E-state index is 3.99. The first kappa shape index (κ1) is 7.16. The predicted molar refractivity (Wildman–Crippen MR) is 50.2 cm³/mol. The van der Waals surface area contributed by atoms with Crippen molar-refractivity contribution in [3.63, 3.8) is 0 Å². The minimum atomic E-state index is 0.959. The molecule has 0 atom stereocenters. The van der Waals surface area contributed by atoms with E-state index in [-0.39, 0.29) is 0 Å². The summed E-state index contributed by atoms with van der Waals surface area (Å²) in [5.41, 5.74) is 7.22. The van der Waals surface area contributed by atoms with Crippen molar-refractivity contribution in [2.75, 3.05) is 19.0 Å². The van der Waals surface area contributed by atoms with Crippen LogP contribution < -0.4 is 10.3 Å². The maximum Gasteiger partial charge on any atom is 0.0966 e. The number of rotatable bonds is 1. The molecule has 1 aliphatic rings. The largest absolute Gasteiger partial charge is 0.377 e. The zero-order valence-electron chi connectivity index (χ0n) is 7.15. The summed E-state index contributed by atoms with van der Waals surface area (Å²) >= 11 is 0. The van der Waals surface area contributed by atoms with Gasteiger partial charge in [-0.05, 0) is 12.1 Å². The van der Waals surface area contributed by atoms with Gasteiger partial charge in [0.1, 0.15) is 0 Å². The van der Waals surface area contributed by atoms with Crippen LogP contribution in [0.5, 0.6) is 0 Å². The fourth-order valence-electron chi connectivity index (χ4n) is 1.30. The highest BCUT2D eigenvalue weighted by atomic mass is 15.3. The normalized spacial score (nSPS) is 12.5. The predicted octanol–water partition coefficient (Wildman–Crippen LogP) is 1.34. The molecule has 0 fully saturated rings. The monoisotopic (exact) mass is 160 g/mol. The lowest BCUT2D eigenvalue weighted by atomic mass is 10.1. The molecule has 0 bridgehead atoms. The average molecular weight is 160 g/mol. The van der Waals surface area contributed by atoms with Crippen LogP contribution in [0.4, 0.5) is 11.4 Å². The Kier molecular flexibility index (Phi) is 1.50. The summed E-state index contributed by atoms with van der Waals surface area (Å²) in [4.78, 5) is 2.06. The smallest absolute Gasteiger partial charge is 0.0966 e. The molecule has 0 aliphatic carbocycles. The Labute approximate surface area is 71.7 Å². The highest BCUT2D eigenvalue weighted by Gasteiger charge is 2.12. The maximum atomic E-state index is 3.99. The van der Waals surface area contributed by atoms with Gasteiger partial charge >= 0.3 is 0 Å². The standard InChI is InChI=1S/C9H10N3/c1-12(2)9-5-3-4-8-7(9)6-10-11-8/h3-6H,1-2H3. The number of anilines is 1. The average Bonchev–Trinajstić information content (AvgIpc) is 2.49. The minimum absolute atomic E-state index is 0.959. The highest BCUT2D eigenvalue weighted by molar-refractivity contribution is 5.96. The molecular weight excluding hydrogens is 150 g/mol. The molecule has 1 aliphatic heterocycles. The van der Waals surface area contributed by atoms with E-state index in [9.17, 15) is 0 Å². The Morgan fingerprint density at radius 3 is 2.83 bits per heavy atom. The Morgan fingerprint density at radius 1 is 1.25 bits per heavy atom. The third kappa shape index (κ3) is 0.942. The van der Waals surface area contributed by atoms with Crippen LogP contribution in [0.1, 0.15) is 5.56 Å². The topological polar surface area (TPSA) is 29.7 Å². The zero-order valence-corrected chi connectivity index (χ0v) is 7.15. The van der Waals surface area contributed by atoms with E-state index >= 15 is 0 Å². The lowest BCUT2D eigenvalue weighted by molar-refractivity contribution is 0.990. The summed E-state index contributed by atoms with van der Waals surface area (Å²) < 4.78 is 0. The number of fused-ring (bicyclic) bond motifs is 1. The molecule has 0 aromatic heterocycles. The second-order valence-corrected chi connectivity index (χ2v) is 2.95. The Hall–Kier alpha value is -1.51. The van der Waals surface area contributed by atoms with Gasteiger partial charge in [0.25, 0.3) is 0 Å². The van der Waals surface area contributed by atoms with Gasteiger partial charge in [0, 0.05) is 25.3 Å². The first-order chi connectivity index (χ1) is 5.79. The van der Waals surface area contributed by atoms with E-state index in [4.69, 9.17) is 0 Å². The molecule has 0 amide bonds. The first-order valence-corrected chi connectivity index (χ1v) is 3.83. The molecule has 1 aromatic carbocycles. The molecule has 0 spiro atoms. The molecule has 3 heteroatoms. The van der Waals surface area contributed by atoms with E-state index in [0.717, 1.165) is 16.9 Å². The van der Waals surface area contributed by atoms with Crippen molar-refractivity contribution in [1.82, 2.24) is 5.43 Å². The van der Waals surface area contributed by atoms with E-state index < -0.39 is 0 Å². The summed E-state index contributed by atoms with van der Waals surface area (Å²) in [6.07, 6.45) is 1.80. The zero-order chi connectivity index (χ0) is 8.55. The van der Waals surface area contributed by atoms with Gasteiger partial charge in [-0.1, -0.05) is 6.07 Å². The van der Waals surface area contributed by atoms with Gasteiger partial charge in [-0.3, -0.25) is 0 Å². The van der Waals surface area contributed by atoms with Crippen LogP contribution in [-0.2, 0) is 0 Å². The van der Waals surface area contributed by atoms with Crippen LogP contribution in [0, 0.1) is 0 Å². The molecule has 1 radical (unpaired) electrons. The van der Waals surface area contributed by atoms with Gasteiger partial charge in [-0.25, -0.2) is 0 Å². The molecule has 0 saturated carbocycles. The molecule has 0 N–H and O–H groups in total. The fraction of sp³-hybridized carbons (Fsp3) is 0.222. The van der Waals surface area contributed by atoms with E-state index in [1.165, 1.54) is 0 Å². The van der Waals surface area contributed by atoms with Crippen LogP contribution in [0.15, 0.2) is 23.3 Å². The van der Waals surface area contributed by atoms with Crippen molar-refractivity contribution in [1.29, 1.82) is 0 Å². The van der Waals surface area contributed by atoms with Crippen LogP contribution in [-0.4, -0.2) is 20.3 Å². The van der Waals surface area contributed by atoms with Gasteiger partial charge in [0.2, 0.25) is 0 Å². The molecular formula is C9H10N3. The van der Waals surface area contributed by atoms with Gasteiger partial charge in [0.15, 0.2) is 0 Å². The number of nitrogens with zero attached hydrogens (tertiary/aromatic N) is 3. The molecule has 1 heterocycles. The number of hydrogen-bond acceptors (Lipinski definition) is 2. The SMILES string of the molecule is CN(C)c1cccc2c1C=N[N]2. The minimum Gasteiger partial charge on any atom is -0.377 e. The number of hydrogen-bond donors (Lipinski definition) is 0. The second-order valence-electron chi connectivity index (χ2n) is 2.95. The first-order valence-electron chi connectivity index (χ1n) is 3.83. The van der Waals surface area contributed by atoms with Crippen molar-refractivity contribution in [2.45, 2.75) is 0 Å². The van der Waals surface area contributed by atoms with Gasteiger partial charge < -0.3 is 4.90 Å². The molecule has 2 rings (SSSR count).